The molecule has 0 aliphatic rings. The number of nitrogens with one attached hydrogen (secondary N) is 1. The molecular formula is C13H20N4O2S. The van der Waals surface area contributed by atoms with E-state index in [2.05, 4.69) is 4.72 Å². The van der Waals surface area contributed by atoms with Crippen LogP contribution in [0.2, 0.25) is 0 Å². The van der Waals surface area contributed by atoms with Gasteiger partial charge in [0, 0.05) is 17.8 Å². The Hall–Kier alpha value is -1.62. The average molecular weight is 296 g/mol. The Kier molecular flexibility index (Phi) is 4.76. The molecule has 6 nitrogen and oxygen atoms in total. The summed E-state index contributed by atoms with van der Waals surface area (Å²) < 4.78 is 27.1. The number of sulfonamides is 1. The molecule has 0 atom stereocenters. The van der Waals surface area contributed by atoms with Crippen LogP contribution in [-0.2, 0) is 10.0 Å². The molecule has 1 rings (SSSR count). The standard InChI is InChI=1S/C13H20N4O2S/c1-13(2,17(3)4)9-16-20(18,19)12-6-5-11(15)7-10(12)8-14/h5-7,16H,9,15H2,1-4H3. The van der Waals surface area contributed by atoms with Gasteiger partial charge in [0.05, 0.1) is 10.5 Å². The fraction of sp³-hybridized carbons (Fsp3) is 0.462. The van der Waals surface area contributed by atoms with Crippen LogP contribution in [0, 0.1) is 11.3 Å². The predicted molar refractivity (Wildman–Crippen MR) is 78.5 cm³/mol. The van der Waals surface area contributed by atoms with Crippen LogP contribution >= 0.6 is 0 Å². The van der Waals surface area contributed by atoms with Gasteiger partial charge in [0.25, 0.3) is 0 Å². The van der Waals surface area contributed by atoms with Crippen molar-refractivity contribution in [1.82, 2.24) is 9.62 Å². The molecule has 0 radical (unpaired) electrons. The van der Waals surface area contributed by atoms with E-state index in [-0.39, 0.29) is 22.5 Å². The smallest absolute Gasteiger partial charge is 0.241 e. The first-order chi connectivity index (χ1) is 9.10. The van der Waals surface area contributed by atoms with E-state index in [0.717, 1.165) is 0 Å². The van der Waals surface area contributed by atoms with Crippen LogP contribution < -0.4 is 10.5 Å². The first-order valence-electron chi connectivity index (χ1n) is 6.07. The number of nitrogen functional groups attached to an aromatic ring is 1. The molecule has 1 aromatic rings. The molecule has 110 valence electrons. The third kappa shape index (κ3) is 3.70. The van der Waals surface area contributed by atoms with Crippen molar-refractivity contribution in [1.29, 1.82) is 5.26 Å². The highest BCUT2D eigenvalue weighted by Gasteiger charge is 2.25. The van der Waals surface area contributed by atoms with Crippen LogP contribution in [-0.4, -0.2) is 39.5 Å². The Morgan fingerprint density at radius 3 is 2.50 bits per heavy atom. The van der Waals surface area contributed by atoms with Gasteiger partial charge in [-0.1, -0.05) is 0 Å². The molecule has 1 aromatic carbocycles. The molecule has 0 saturated carbocycles. The number of hydrogen-bond donors (Lipinski definition) is 2. The molecule has 0 spiro atoms. The third-order valence-corrected chi connectivity index (χ3v) is 4.78. The van der Waals surface area contributed by atoms with Crippen LogP contribution in [0.25, 0.3) is 0 Å². The largest absolute Gasteiger partial charge is 0.399 e. The maximum atomic E-state index is 12.3. The van der Waals surface area contributed by atoms with Crippen molar-refractivity contribution in [2.75, 3.05) is 26.4 Å². The first kappa shape index (κ1) is 16.4. The Balaban J connectivity index is 3.05. The monoisotopic (exact) mass is 296 g/mol. The summed E-state index contributed by atoms with van der Waals surface area (Å²) in [5.41, 5.74) is 5.61. The van der Waals surface area contributed by atoms with Crippen molar-refractivity contribution in [3.05, 3.63) is 23.8 Å². The summed E-state index contributed by atoms with van der Waals surface area (Å²) in [6.45, 7) is 4.07. The highest BCUT2D eigenvalue weighted by Crippen LogP contribution is 2.19. The van der Waals surface area contributed by atoms with Crippen molar-refractivity contribution in [3.8, 4) is 6.07 Å². The zero-order valence-corrected chi connectivity index (χ0v) is 13.0. The van der Waals surface area contributed by atoms with Crippen LogP contribution in [0.15, 0.2) is 23.1 Å². The van der Waals surface area contributed by atoms with E-state index in [1.165, 1.54) is 18.2 Å². The molecule has 0 unspecified atom stereocenters. The molecular weight excluding hydrogens is 276 g/mol. The topological polar surface area (TPSA) is 99.2 Å². The molecule has 20 heavy (non-hydrogen) atoms. The van der Waals surface area contributed by atoms with E-state index < -0.39 is 10.0 Å². The predicted octanol–water partition coefficient (Wildman–Crippen LogP) is 0.759. The molecule has 0 bridgehead atoms. The highest BCUT2D eigenvalue weighted by atomic mass is 32.2. The maximum Gasteiger partial charge on any atom is 0.241 e. The zero-order chi connectivity index (χ0) is 15.6. The fourth-order valence-corrected chi connectivity index (χ4v) is 2.72. The van der Waals surface area contributed by atoms with Crippen molar-refractivity contribution < 1.29 is 8.42 Å². The van der Waals surface area contributed by atoms with Crippen molar-refractivity contribution in [2.45, 2.75) is 24.3 Å². The molecule has 0 heterocycles. The van der Waals surface area contributed by atoms with E-state index in [1.54, 1.807) is 0 Å². The van der Waals surface area contributed by atoms with Crippen LogP contribution in [0.1, 0.15) is 19.4 Å². The normalized spacial score (nSPS) is 12.4. The summed E-state index contributed by atoms with van der Waals surface area (Å²) in [4.78, 5) is 1.87. The Bertz CT molecular complexity index is 630. The number of nitrogens with two attached hydrogens (primary N) is 1. The Morgan fingerprint density at radius 2 is 2.00 bits per heavy atom. The summed E-state index contributed by atoms with van der Waals surface area (Å²) in [5.74, 6) is 0. The van der Waals surface area contributed by atoms with Gasteiger partial charge in [-0.25, -0.2) is 13.1 Å². The van der Waals surface area contributed by atoms with Gasteiger partial charge in [0.2, 0.25) is 10.0 Å². The van der Waals surface area contributed by atoms with Gasteiger partial charge in [-0.3, -0.25) is 0 Å². The minimum absolute atomic E-state index is 0.0418. The fourth-order valence-electron chi connectivity index (χ4n) is 1.38. The van der Waals surface area contributed by atoms with Crippen molar-refractivity contribution in [3.63, 3.8) is 0 Å². The first-order valence-corrected chi connectivity index (χ1v) is 7.55. The van der Waals surface area contributed by atoms with Crippen LogP contribution in [0.5, 0.6) is 0 Å². The summed E-state index contributed by atoms with van der Waals surface area (Å²) >= 11 is 0. The molecule has 0 aliphatic heterocycles. The third-order valence-electron chi connectivity index (χ3n) is 3.32. The zero-order valence-electron chi connectivity index (χ0n) is 12.1. The van der Waals surface area contributed by atoms with Crippen LogP contribution in [0.3, 0.4) is 0 Å². The Morgan fingerprint density at radius 1 is 1.40 bits per heavy atom. The Labute approximate surface area is 120 Å². The van der Waals surface area contributed by atoms with Gasteiger partial charge in [-0.15, -0.1) is 0 Å². The molecule has 0 fully saturated rings. The minimum atomic E-state index is -3.74. The number of likely N-dealkylation sites (N-methyl/N-ethyl adjacent to an activating group) is 1. The van der Waals surface area contributed by atoms with Gasteiger partial charge in [0.1, 0.15) is 6.07 Å². The quantitative estimate of drug-likeness (QED) is 0.781. The molecule has 7 heteroatoms. The second kappa shape index (κ2) is 5.79. The number of rotatable bonds is 5. The van der Waals surface area contributed by atoms with Gasteiger partial charge in [-0.2, -0.15) is 5.26 Å². The highest BCUT2D eigenvalue weighted by molar-refractivity contribution is 7.89. The van der Waals surface area contributed by atoms with Crippen molar-refractivity contribution in [2.24, 2.45) is 0 Å². The lowest BCUT2D eigenvalue weighted by Crippen LogP contribution is -2.48. The SMILES string of the molecule is CN(C)C(C)(C)CNS(=O)(=O)c1ccc(N)cc1C#N. The summed E-state index contributed by atoms with van der Waals surface area (Å²) in [6, 6.07) is 6.02. The van der Waals surface area contributed by atoms with E-state index in [4.69, 9.17) is 11.0 Å². The summed E-state index contributed by atoms with van der Waals surface area (Å²) in [7, 11) is 0.00525. The van der Waals surface area contributed by atoms with E-state index >= 15 is 0 Å². The van der Waals surface area contributed by atoms with E-state index in [9.17, 15) is 8.42 Å². The van der Waals surface area contributed by atoms with Crippen LogP contribution in [0.4, 0.5) is 5.69 Å². The number of benzene rings is 1. The van der Waals surface area contributed by atoms with E-state index in [0.29, 0.717) is 5.69 Å². The lowest BCUT2D eigenvalue weighted by atomic mass is 10.1. The second-order valence-electron chi connectivity index (χ2n) is 5.40. The van der Waals surface area contributed by atoms with Crippen molar-refractivity contribution >= 4 is 15.7 Å². The minimum Gasteiger partial charge on any atom is -0.399 e. The number of nitriles is 1. The van der Waals surface area contributed by atoms with E-state index in [1.807, 2.05) is 38.9 Å². The number of hydrogen-bond acceptors (Lipinski definition) is 5. The number of anilines is 1. The molecule has 3 N–H and O–H groups in total. The lowest BCUT2D eigenvalue weighted by molar-refractivity contribution is 0.199. The molecule has 0 aliphatic carbocycles. The number of nitrogens with zero attached hydrogens (tertiary/aromatic N) is 2. The van der Waals surface area contributed by atoms with Gasteiger partial charge in [0.15, 0.2) is 0 Å². The van der Waals surface area contributed by atoms with Gasteiger partial charge in [-0.05, 0) is 46.1 Å². The van der Waals surface area contributed by atoms with Gasteiger partial charge >= 0.3 is 0 Å². The molecule has 0 amide bonds. The molecule has 0 aromatic heterocycles. The average Bonchev–Trinajstić information content (AvgIpc) is 2.36. The maximum absolute atomic E-state index is 12.3. The summed E-state index contributed by atoms with van der Waals surface area (Å²) in [6.07, 6.45) is 0. The lowest BCUT2D eigenvalue weighted by Gasteiger charge is -2.32. The van der Waals surface area contributed by atoms with Gasteiger partial charge < -0.3 is 10.6 Å². The summed E-state index contributed by atoms with van der Waals surface area (Å²) in [5, 5.41) is 9.02. The molecule has 0 saturated heterocycles. The second-order valence-corrected chi connectivity index (χ2v) is 7.13.